The Kier molecular flexibility index (Phi) is 5.54. The third kappa shape index (κ3) is 4.26. The van der Waals surface area contributed by atoms with E-state index in [1.807, 2.05) is 0 Å². The Labute approximate surface area is 114 Å². The van der Waals surface area contributed by atoms with Crippen molar-refractivity contribution in [3.05, 3.63) is 21.3 Å². The molecule has 8 heteroatoms. The molecule has 6 N–H and O–H groups in total. The van der Waals surface area contributed by atoms with Crippen LogP contribution in [0.5, 0.6) is 0 Å². The predicted molar refractivity (Wildman–Crippen MR) is 71.1 cm³/mol. The standard InChI is InChI=1S/C10H15ClN4O2S/c11-8-2-1-7(18-8)6(3-12)15(4-9(13)16)5-10(14)17/h1-2,6H,3-5,12H2,(H2,13,16)(H2,14,17). The first kappa shape index (κ1) is 14.9. The first-order valence-corrected chi connectivity index (χ1v) is 6.39. The summed E-state index contributed by atoms with van der Waals surface area (Å²) in [7, 11) is 0. The van der Waals surface area contributed by atoms with Gasteiger partial charge in [0.05, 0.1) is 23.5 Å². The van der Waals surface area contributed by atoms with Crippen molar-refractivity contribution in [1.82, 2.24) is 4.90 Å². The number of carbonyl (C=O) groups excluding carboxylic acids is 2. The molecule has 1 rings (SSSR count). The third-order valence-electron chi connectivity index (χ3n) is 2.30. The molecule has 0 fully saturated rings. The molecule has 1 aromatic rings. The van der Waals surface area contributed by atoms with Gasteiger partial charge < -0.3 is 17.2 Å². The van der Waals surface area contributed by atoms with Crippen molar-refractivity contribution in [2.75, 3.05) is 19.6 Å². The number of hydrogen-bond donors (Lipinski definition) is 3. The van der Waals surface area contributed by atoms with Gasteiger partial charge >= 0.3 is 0 Å². The van der Waals surface area contributed by atoms with Gasteiger partial charge in [0.2, 0.25) is 11.8 Å². The molecule has 100 valence electrons. The lowest BCUT2D eigenvalue weighted by Gasteiger charge is -2.27. The van der Waals surface area contributed by atoms with Crippen LogP contribution in [0, 0.1) is 0 Å². The highest BCUT2D eigenvalue weighted by molar-refractivity contribution is 7.16. The quantitative estimate of drug-likeness (QED) is 0.638. The average molecular weight is 291 g/mol. The minimum absolute atomic E-state index is 0.0830. The average Bonchev–Trinajstić information content (AvgIpc) is 2.64. The molecular formula is C10H15ClN4O2S. The van der Waals surface area contributed by atoms with Crippen LogP contribution in [0.1, 0.15) is 10.9 Å². The number of amides is 2. The number of halogens is 1. The summed E-state index contributed by atoms with van der Waals surface area (Å²) in [4.78, 5) is 24.4. The number of nitrogens with two attached hydrogens (primary N) is 3. The van der Waals surface area contributed by atoms with Gasteiger partial charge in [-0.2, -0.15) is 0 Å². The van der Waals surface area contributed by atoms with Crippen LogP contribution in [-0.2, 0) is 9.59 Å². The molecule has 0 saturated carbocycles. The fraction of sp³-hybridized carbons (Fsp3) is 0.400. The Morgan fingerprint density at radius 2 is 1.83 bits per heavy atom. The number of thiophene rings is 1. The van der Waals surface area contributed by atoms with Crippen LogP contribution < -0.4 is 17.2 Å². The molecule has 0 saturated heterocycles. The van der Waals surface area contributed by atoms with E-state index in [2.05, 4.69) is 0 Å². The fourth-order valence-corrected chi connectivity index (χ4v) is 2.84. The number of rotatable bonds is 7. The van der Waals surface area contributed by atoms with Gasteiger partial charge in [0.15, 0.2) is 0 Å². The molecule has 0 aliphatic rings. The second kappa shape index (κ2) is 6.69. The highest BCUT2D eigenvalue weighted by Crippen LogP contribution is 2.29. The summed E-state index contributed by atoms with van der Waals surface area (Å²) >= 11 is 7.20. The van der Waals surface area contributed by atoms with Crippen LogP contribution in [0.2, 0.25) is 4.34 Å². The minimum atomic E-state index is -0.544. The Bertz CT molecular complexity index is 421. The van der Waals surface area contributed by atoms with Crippen molar-refractivity contribution in [1.29, 1.82) is 0 Å². The smallest absolute Gasteiger partial charge is 0.231 e. The van der Waals surface area contributed by atoms with E-state index >= 15 is 0 Å². The number of carbonyl (C=O) groups is 2. The third-order valence-corrected chi connectivity index (χ3v) is 3.64. The predicted octanol–water partition coefficient (Wildman–Crippen LogP) is -0.326. The summed E-state index contributed by atoms with van der Waals surface area (Å²) in [5.74, 6) is -1.09. The van der Waals surface area contributed by atoms with E-state index in [-0.39, 0.29) is 25.7 Å². The van der Waals surface area contributed by atoms with Crippen LogP contribution >= 0.6 is 22.9 Å². The van der Waals surface area contributed by atoms with Crippen LogP contribution in [-0.4, -0.2) is 36.3 Å². The first-order valence-electron chi connectivity index (χ1n) is 5.20. The Morgan fingerprint density at radius 3 is 2.17 bits per heavy atom. The molecule has 0 spiro atoms. The maximum absolute atomic E-state index is 11.0. The molecule has 0 aliphatic heterocycles. The highest BCUT2D eigenvalue weighted by atomic mass is 35.5. The molecule has 6 nitrogen and oxygen atoms in total. The largest absolute Gasteiger partial charge is 0.369 e. The van der Waals surface area contributed by atoms with Gasteiger partial charge in [0.1, 0.15) is 0 Å². The number of nitrogens with zero attached hydrogens (tertiary/aromatic N) is 1. The lowest BCUT2D eigenvalue weighted by atomic mass is 10.2. The highest BCUT2D eigenvalue weighted by Gasteiger charge is 2.23. The summed E-state index contributed by atoms with van der Waals surface area (Å²) in [5.41, 5.74) is 16.0. The van der Waals surface area contributed by atoms with Gasteiger partial charge in [0.25, 0.3) is 0 Å². The second-order valence-corrected chi connectivity index (χ2v) is 5.48. The summed E-state index contributed by atoms with van der Waals surface area (Å²) in [6.45, 7) is 0.0675. The van der Waals surface area contributed by atoms with Crippen molar-refractivity contribution in [2.45, 2.75) is 6.04 Å². The summed E-state index contributed by atoms with van der Waals surface area (Å²) in [6.07, 6.45) is 0. The molecule has 0 bridgehead atoms. The van der Waals surface area contributed by atoms with Crippen molar-refractivity contribution >= 4 is 34.8 Å². The molecule has 1 unspecified atom stereocenters. The van der Waals surface area contributed by atoms with Gasteiger partial charge in [-0.3, -0.25) is 14.5 Å². The molecule has 0 radical (unpaired) electrons. The Morgan fingerprint density at radius 1 is 1.28 bits per heavy atom. The number of hydrogen-bond acceptors (Lipinski definition) is 5. The Hall–Kier alpha value is -1.15. The summed E-state index contributed by atoms with van der Waals surface area (Å²) in [5, 5.41) is 0. The lowest BCUT2D eigenvalue weighted by Crippen LogP contribution is -2.43. The van der Waals surface area contributed by atoms with E-state index < -0.39 is 11.8 Å². The summed E-state index contributed by atoms with van der Waals surface area (Å²) < 4.78 is 0.613. The van der Waals surface area contributed by atoms with Crippen LogP contribution in [0.4, 0.5) is 0 Å². The van der Waals surface area contributed by atoms with Gasteiger partial charge in [-0.05, 0) is 12.1 Å². The fourth-order valence-electron chi connectivity index (χ4n) is 1.63. The molecule has 1 heterocycles. The van der Waals surface area contributed by atoms with Crippen molar-refractivity contribution in [3.63, 3.8) is 0 Å². The molecule has 1 aromatic heterocycles. The molecule has 0 aliphatic carbocycles. The Balaban J connectivity index is 2.91. The number of primary amides is 2. The van der Waals surface area contributed by atoms with Gasteiger partial charge in [-0.15, -0.1) is 11.3 Å². The van der Waals surface area contributed by atoms with E-state index in [1.165, 1.54) is 11.3 Å². The summed E-state index contributed by atoms with van der Waals surface area (Å²) in [6, 6.07) is 3.23. The van der Waals surface area contributed by atoms with Gasteiger partial charge in [-0.1, -0.05) is 11.6 Å². The van der Waals surface area contributed by atoms with Crippen LogP contribution in [0.3, 0.4) is 0 Å². The molecule has 0 aromatic carbocycles. The van der Waals surface area contributed by atoms with Crippen molar-refractivity contribution < 1.29 is 9.59 Å². The van der Waals surface area contributed by atoms with Crippen molar-refractivity contribution in [3.8, 4) is 0 Å². The zero-order valence-electron chi connectivity index (χ0n) is 9.64. The molecular weight excluding hydrogens is 276 g/mol. The van der Waals surface area contributed by atoms with E-state index in [1.54, 1.807) is 17.0 Å². The first-order chi connectivity index (χ1) is 8.43. The zero-order valence-corrected chi connectivity index (χ0v) is 11.2. The zero-order chi connectivity index (χ0) is 13.7. The van der Waals surface area contributed by atoms with E-state index in [9.17, 15) is 9.59 Å². The second-order valence-electron chi connectivity index (χ2n) is 3.73. The SMILES string of the molecule is NCC(c1ccc(Cl)s1)N(CC(N)=O)CC(N)=O. The maximum Gasteiger partial charge on any atom is 0.231 e. The molecule has 1 atom stereocenters. The van der Waals surface area contributed by atoms with Crippen LogP contribution in [0.25, 0.3) is 0 Å². The van der Waals surface area contributed by atoms with E-state index in [4.69, 9.17) is 28.8 Å². The molecule has 18 heavy (non-hydrogen) atoms. The maximum atomic E-state index is 11.0. The monoisotopic (exact) mass is 290 g/mol. The topological polar surface area (TPSA) is 115 Å². The van der Waals surface area contributed by atoms with Gasteiger partial charge in [0, 0.05) is 11.4 Å². The minimum Gasteiger partial charge on any atom is -0.369 e. The van der Waals surface area contributed by atoms with E-state index in [0.717, 1.165) is 4.88 Å². The van der Waals surface area contributed by atoms with Crippen molar-refractivity contribution in [2.24, 2.45) is 17.2 Å². The van der Waals surface area contributed by atoms with E-state index in [0.29, 0.717) is 4.34 Å². The van der Waals surface area contributed by atoms with Gasteiger partial charge in [-0.25, -0.2) is 0 Å². The molecule has 2 amide bonds. The lowest BCUT2D eigenvalue weighted by molar-refractivity contribution is -0.122. The van der Waals surface area contributed by atoms with Crippen LogP contribution in [0.15, 0.2) is 12.1 Å². The normalized spacial score (nSPS) is 12.6.